The van der Waals surface area contributed by atoms with Crippen LogP contribution in [0.2, 0.25) is 0 Å². The molecule has 0 saturated carbocycles. The van der Waals surface area contributed by atoms with Crippen molar-refractivity contribution in [2.45, 2.75) is 50.4 Å². The molecule has 1 saturated heterocycles. The number of hydrogen-bond acceptors (Lipinski definition) is 4. The number of rotatable bonds is 4. The monoisotopic (exact) mass is 271 g/mol. The van der Waals surface area contributed by atoms with Crippen molar-refractivity contribution in [3.8, 4) is 0 Å². The fraction of sp³-hybridized carbons (Fsp3) is 0.750. The highest BCUT2D eigenvalue weighted by molar-refractivity contribution is 7.92. The van der Waals surface area contributed by atoms with Gasteiger partial charge in [-0.05, 0) is 19.3 Å². The van der Waals surface area contributed by atoms with Gasteiger partial charge in [0.25, 0.3) is 0 Å². The molecule has 1 aliphatic heterocycles. The lowest BCUT2D eigenvalue weighted by molar-refractivity contribution is 0.504. The first-order valence-electron chi connectivity index (χ1n) is 6.54. The van der Waals surface area contributed by atoms with Crippen LogP contribution in [0.4, 0.5) is 0 Å². The van der Waals surface area contributed by atoms with Gasteiger partial charge in [0, 0.05) is 24.3 Å². The average Bonchev–Trinajstić information content (AvgIpc) is 2.77. The lowest BCUT2D eigenvalue weighted by Crippen LogP contribution is -2.37. The van der Waals surface area contributed by atoms with Crippen molar-refractivity contribution >= 4 is 9.84 Å². The summed E-state index contributed by atoms with van der Waals surface area (Å²) in [5.41, 5.74) is 6.95. The van der Waals surface area contributed by atoms with Gasteiger partial charge in [0.1, 0.15) is 0 Å². The third kappa shape index (κ3) is 2.75. The number of nitrogens with two attached hydrogens (primary N) is 1. The molecule has 2 heterocycles. The molecule has 0 radical (unpaired) electrons. The van der Waals surface area contributed by atoms with Gasteiger partial charge >= 0.3 is 0 Å². The molecule has 1 fully saturated rings. The maximum Gasteiger partial charge on any atom is 0.155 e. The predicted octanol–water partition coefficient (Wildman–Crippen LogP) is 1.26. The van der Waals surface area contributed by atoms with Gasteiger partial charge in [0.15, 0.2) is 9.84 Å². The third-order valence-electron chi connectivity index (χ3n) is 3.52. The van der Waals surface area contributed by atoms with Crippen molar-refractivity contribution in [2.24, 2.45) is 5.73 Å². The van der Waals surface area contributed by atoms with Gasteiger partial charge in [0.2, 0.25) is 0 Å². The van der Waals surface area contributed by atoms with Gasteiger partial charge in [0.05, 0.1) is 17.2 Å². The summed E-state index contributed by atoms with van der Waals surface area (Å²) in [6.07, 6.45) is 6.95. The van der Waals surface area contributed by atoms with E-state index in [1.54, 1.807) is 6.20 Å². The van der Waals surface area contributed by atoms with Crippen LogP contribution in [0.1, 0.15) is 44.2 Å². The van der Waals surface area contributed by atoms with Crippen LogP contribution < -0.4 is 5.73 Å². The zero-order valence-electron chi connectivity index (χ0n) is 10.7. The van der Waals surface area contributed by atoms with Crippen molar-refractivity contribution in [2.75, 3.05) is 5.75 Å². The topological polar surface area (TPSA) is 78.0 Å². The molecule has 1 aliphatic rings. The molecule has 18 heavy (non-hydrogen) atoms. The van der Waals surface area contributed by atoms with Crippen LogP contribution in [0.25, 0.3) is 0 Å². The van der Waals surface area contributed by atoms with Crippen molar-refractivity contribution in [3.05, 3.63) is 18.0 Å². The van der Waals surface area contributed by atoms with E-state index < -0.39 is 21.1 Å². The van der Waals surface area contributed by atoms with Gasteiger partial charge in [-0.15, -0.1) is 0 Å². The van der Waals surface area contributed by atoms with Gasteiger partial charge < -0.3 is 5.73 Å². The van der Waals surface area contributed by atoms with Crippen LogP contribution in [0, 0.1) is 0 Å². The molecule has 5 nitrogen and oxygen atoms in total. The Labute approximate surface area is 108 Å². The summed E-state index contributed by atoms with van der Waals surface area (Å²) < 4.78 is 25.9. The Morgan fingerprint density at radius 1 is 1.56 bits per heavy atom. The summed E-state index contributed by atoms with van der Waals surface area (Å²) >= 11 is 0. The lowest BCUT2D eigenvalue weighted by atomic mass is 10.0. The standard InChI is InChI=1S/C12H21N3O2S/c1-2-6-15-9-10(8-14-15)12(13)11-5-3-4-7-18(11,16)17/h8-9,11-12H,2-7,13H2,1H3. The molecular weight excluding hydrogens is 250 g/mol. The van der Waals surface area contributed by atoms with Crippen molar-refractivity contribution in [1.29, 1.82) is 0 Å². The number of nitrogens with zero attached hydrogens (tertiary/aromatic N) is 2. The van der Waals surface area contributed by atoms with Crippen LogP contribution in [0.3, 0.4) is 0 Å². The second-order valence-electron chi connectivity index (χ2n) is 4.96. The maximum absolute atomic E-state index is 12.0. The van der Waals surface area contributed by atoms with E-state index in [1.165, 1.54) is 0 Å². The van der Waals surface area contributed by atoms with E-state index in [4.69, 9.17) is 5.73 Å². The lowest BCUT2D eigenvalue weighted by Gasteiger charge is -2.26. The molecular formula is C12H21N3O2S. The minimum Gasteiger partial charge on any atom is -0.323 e. The Morgan fingerprint density at radius 3 is 3.00 bits per heavy atom. The Kier molecular flexibility index (Phi) is 4.07. The fourth-order valence-electron chi connectivity index (χ4n) is 2.50. The minimum absolute atomic E-state index is 0.272. The van der Waals surface area contributed by atoms with Gasteiger partial charge in [-0.2, -0.15) is 5.10 Å². The number of hydrogen-bond donors (Lipinski definition) is 1. The predicted molar refractivity (Wildman–Crippen MR) is 70.9 cm³/mol. The highest BCUT2D eigenvalue weighted by Gasteiger charge is 2.34. The van der Waals surface area contributed by atoms with Crippen LogP contribution in [-0.2, 0) is 16.4 Å². The van der Waals surface area contributed by atoms with E-state index in [0.29, 0.717) is 6.42 Å². The molecule has 102 valence electrons. The zero-order valence-corrected chi connectivity index (χ0v) is 11.6. The molecule has 0 amide bonds. The summed E-state index contributed by atoms with van der Waals surface area (Å²) in [6.45, 7) is 2.91. The smallest absolute Gasteiger partial charge is 0.155 e. The molecule has 2 atom stereocenters. The first-order chi connectivity index (χ1) is 8.54. The van der Waals surface area contributed by atoms with Gasteiger partial charge in [-0.3, -0.25) is 4.68 Å². The molecule has 2 unspecified atom stereocenters. The van der Waals surface area contributed by atoms with Crippen molar-refractivity contribution in [3.63, 3.8) is 0 Å². The average molecular weight is 271 g/mol. The summed E-state index contributed by atoms with van der Waals surface area (Å²) in [4.78, 5) is 0. The zero-order chi connectivity index (χ0) is 13.2. The van der Waals surface area contributed by atoms with E-state index in [0.717, 1.165) is 31.4 Å². The van der Waals surface area contributed by atoms with Crippen LogP contribution in [-0.4, -0.2) is 29.2 Å². The molecule has 0 aliphatic carbocycles. The fourth-order valence-corrected chi connectivity index (χ4v) is 4.54. The van der Waals surface area contributed by atoms with Crippen molar-refractivity contribution in [1.82, 2.24) is 9.78 Å². The normalized spacial score (nSPS) is 24.9. The largest absolute Gasteiger partial charge is 0.323 e. The first kappa shape index (κ1) is 13.5. The van der Waals surface area contributed by atoms with Crippen LogP contribution in [0.5, 0.6) is 0 Å². The number of aryl methyl sites for hydroxylation is 1. The molecule has 6 heteroatoms. The SMILES string of the molecule is CCCn1cc(C(N)C2CCCCS2(=O)=O)cn1. The van der Waals surface area contributed by atoms with Crippen LogP contribution in [0.15, 0.2) is 12.4 Å². The molecule has 0 aromatic carbocycles. The molecule has 0 bridgehead atoms. The Hall–Kier alpha value is -0.880. The van der Waals surface area contributed by atoms with E-state index in [9.17, 15) is 8.42 Å². The molecule has 0 spiro atoms. The second-order valence-corrected chi connectivity index (χ2v) is 7.30. The highest BCUT2D eigenvalue weighted by atomic mass is 32.2. The van der Waals surface area contributed by atoms with E-state index in [2.05, 4.69) is 12.0 Å². The highest BCUT2D eigenvalue weighted by Crippen LogP contribution is 2.28. The first-order valence-corrected chi connectivity index (χ1v) is 8.25. The third-order valence-corrected chi connectivity index (χ3v) is 5.83. The summed E-state index contributed by atoms with van der Waals surface area (Å²) in [7, 11) is -3.04. The quantitative estimate of drug-likeness (QED) is 0.894. The van der Waals surface area contributed by atoms with Crippen molar-refractivity contribution < 1.29 is 8.42 Å². The second kappa shape index (κ2) is 5.40. The molecule has 1 aromatic rings. The number of aromatic nitrogens is 2. The van der Waals surface area contributed by atoms with Gasteiger partial charge in [-0.1, -0.05) is 13.3 Å². The molecule has 2 N–H and O–H groups in total. The van der Waals surface area contributed by atoms with Crippen LogP contribution >= 0.6 is 0 Å². The summed E-state index contributed by atoms with van der Waals surface area (Å²) in [5.74, 6) is 0.272. The van der Waals surface area contributed by atoms with E-state index in [1.807, 2.05) is 10.9 Å². The Bertz CT molecular complexity index is 495. The van der Waals surface area contributed by atoms with E-state index in [-0.39, 0.29) is 5.75 Å². The minimum atomic E-state index is -3.04. The van der Waals surface area contributed by atoms with E-state index >= 15 is 0 Å². The Morgan fingerprint density at radius 2 is 2.33 bits per heavy atom. The molecule has 1 aromatic heterocycles. The maximum atomic E-state index is 12.0. The summed E-state index contributed by atoms with van der Waals surface area (Å²) in [6, 6.07) is -0.444. The van der Waals surface area contributed by atoms with Gasteiger partial charge in [-0.25, -0.2) is 8.42 Å². The number of sulfone groups is 1. The molecule has 2 rings (SSSR count). The summed E-state index contributed by atoms with van der Waals surface area (Å²) in [5, 5.41) is 3.77. The Balaban J connectivity index is 2.16.